The van der Waals surface area contributed by atoms with Crippen molar-refractivity contribution in [2.24, 2.45) is 11.8 Å². The number of pyridine rings is 2. The monoisotopic (exact) mass is 538 g/mol. The number of nitrogens with one attached hydrogen (secondary N) is 2. The number of rotatable bonds is 8. The van der Waals surface area contributed by atoms with E-state index >= 15 is 0 Å². The van der Waals surface area contributed by atoms with Gasteiger partial charge in [-0.25, -0.2) is 18.1 Å². The van der Waals surface area contributed by atoms with Gasteiger partial charge in [0.2, 0.25) is 0 Å². The van der Waals surface area contributed by atoms with Crippen LogP contribution in [0.2, 0.25) is 0 Å². The zero-order valence-electron chi connectivity index (χ0n) is 22.3. The molecule has 38 heavy (non-hydrogen) atoms. The van der Waals surface area contributed by atoms with Crippen LogP contribution >= 0.6 is 0 Å². The second kappa shape index (κ2) is 10.6. The van der Waals surface area contributed by atoms with Crippen LogP contribution in [0.25, 0.3) is 11.3 Å². The molecule has 4 rings (SSSR count). The molecule has 0 unspecified atom stereocenters. The van der Waals surface area contributed by atoms with Crippen molar-refractivity contribution in [3.63, 3.8) is 0 Å². The van der Waals surface area contributed by atoms with Crippen molar-refractivity contribution < 1.29 is 17.9 Å². The van der Waals surface area contributed by atoms with Crippen molar-refractivity contribution in [1.82, 2.24) is 14.7 Å². The topological polar surface area (TPSA) is 121 Å². The Bertz CT molecular complexity index is 1500. The van der Waals surface area contributed by atoms with Crippen LogP contribution in [0.4, 0.5) is 5.82 Å². The van der Waals surface area contributed by atoms with Crippen molar-refractivity contribution >= 4 is 21.7 Å². The van der Waals surface area contributed by atoms with Crippen LogP contribution < -0.4 is 19.9 Å². The van der Waals surface area contributed by atoms with E-state index < -0.39 is 26.4 Å². The van der Waals surface area contributed by atoms with Crippen molar-refractivity contribution in [3.05, 3.63) is 70.6 Å². The molecule has 1 aliphatic heterocycles. The highest BCUT2D eigenvalue weighted by Crippen LogP contribution is 2.38. The number of aromatic nitrogens is 2. The molecular weight excluding hydrogens is 504 g/mol. The molecule has 0 spiro atoms. The van der Waals surface area contributed by atoms with E-state index in [-0.39, 0.29) is 11.1 Å². The summed E-state index contributed by atoms with van der Waals surface area (Å²) in [6, 6.07) is 13.4. The number of hydrogen-bond donors (Lipinski definition) is 2. The Kier molecular flexibility index (Phi) is 7.64. The number of aromatic amines is 1. The van der Waals surface area contributed by atoms with Crippen LogP contribution in [-0.4, -0.2) is 43.0 Å². The zero-order valence-corrected chi connectivity index (χ0v) is 23.1. The van der Waals surface area contributed by atoms with Gasteiger partial charge in [0.25, 0.3) is 21.5 Å². The lowest BCUT2D eigenvalue weighted by Gasteiger charge is -2.34. The number of nitrogens with zero attached hydrogens (tertiary/aromatic N) is 2. The molecule has 1 amide bonds. The molecule has 3 aromatic rings. The third-order valence-electron chi connectivity index (χ3n) is 6.46. The van der Waals surface area contributed by atoms with Gasteiger partial charge in [-0.15, -0.1) is 0 Å². The molecule has 0 aliphatic carbocycles. The third kappa shape index (κ3) is 5.91. The van der Waals surface area contributed by atoms with Crippen LogP contribution in [0.15, 0.2) is 64.4 Å². The summed E-state index contributed by atoms with van der Waals surface area (Å²) in [6.45, 7) is 11.7. The van der Waals surface area contributed by atoms with Gasteiger partial charge in [0.05, 0.1) is 17.9 Å². The number of carbonyl (C=O) groups is 1. The molecule has 2 N–H and O–H groups in total. The van der Waals surface area contributed by atoms with Crippen molar-refractivity contribution in [1.29, 1.82) is 0 Å². The fourth-order valence-corrected chi connectivity index (χ4v) is 5.83. The second-order valence-electron chi connectivity index (χ2n) is 10.8. The van der Waals surface area contributed by atoms with Gasteiger partial charge in [-0.1, -0.05) is 32.9 Å². The lowest BCUT2D eigenvalue weighted by Crippen LogP contribution is -2.41. The van der Waals surface area contributed by atoms with E-state index in [1.807, 2.05) is 24.3 Å². The van der Waals surface area contributed by atoms with Crippen molar-refractivity contribution in [3.8, 4) is 17.0 Å². The average molecular weight is 539 g/mol. The molecule has 1 fully saturated rings. The minimum absolute atomic E-state index is 0.110. The quantitative estimate of drug-likeness (QED) is 0.440. The first-order valence-electron chi connectivity index (χ1n) is 12.6. The standard InChI is InChI=1S/C28H34N4O5S/c1-18(2)17-37-21-9-6-8-20(14-21)23-12-11-22(25(30-23)32-16-19(3)15-28(32,4)5)26(33)31-38(35,36)24-10-7-13-29-27(24)34/h6-14,18-19H,15-17H2,1-5H3,(H,29,34)(H,31,33)/t19-/m0/s1. The van der Waals surface area contributed by atoms with E-state index in [1.54, 1.807) is 12.1 Å². The van der Waals surface area contributed by atoms with Crippen LogP contribution in [0.5, 0.6) is 5.75 Å². The predicted molar refractivity (Wildman–Crippen MR) is 147 cm³/mol. The number of benzene rings is 1. The molecule has 1 saturated heterocycles. The van der Waals surface area contributed by atoms with Gasteiger partial charge in [0, 0.05) is 23.8 Å². The lowest BCUT2D eigenvalue weighted by atomic mass is 9.97. The molecular formula is C28H34N4O5S. The minimum atomic E-state index is -4.41. The fourth-order valence-electron chi connectivity index (χ4n) is 4.81. The summed E-state index contributed by atoms with van der Waals surface area (Å²) >= 11 is 0. The molecule has 9 nitrogen and oxygen atoms in total. The summed E-state index contributed by atoms with van der Waals surface area (Å²) in [5, 5.41) is 0. The first-order valence-corrected chi connectivity index (χ1v) is 14.1. The number of ether oxygens (including phenoxy) is 1. The summed E-state index contributed by atoms with van der Waals surface area (Å²) in [5.41, 5.74) is 0.435. The first kappa shape index (κ1) is 27.4. The molecule has 0 saturated carbocycles. The number of carbonyl (C=O) groups excluding carboxylic acids is 1. The minimum Gasteiger partial charge on any atom is -0.493 e. The van der Waals surface area contributed by atoms with Gasteiger partial charge < -0.3 is 14.6 Å². The van der Waals surface area contributed by atoms with Gasteiger partial charge in [-0.3, -0.25) is 9.59 Å². The molecule has 10 heteroatoms. The van der Waals surface area contributed by atoms with E-state index in [4.69, 9.17) is 9.72 Å². The number of H-pyrrole nitrogens is 1. The second-order valence-corrected chi connectivity index (χ2v) is 12.5. The Balaban J connectivity index is 1.75. The molecule has 0 radical (unpaired) electrons. The van der Waals surface area contributed by atoms with E-state index in [0.717, 1.165) is 23.8 Å². The summed E-state index contributed by atoms with van der Waals surface area (Å²) in [7, 11) is -4.41. The van der Waals surface area contributed by atoms with Gasteiger partial charge in [-0.2, -0.15) is 0 Å². The number of anilines is 1. The van der Waals surface area contributed by atoms with E-state index in [2.05, 4.69) is 49.2 Å². The molecule has 1 atom stereocenters. The van der Waals surface area contributed by atoms with Gasteiger partial charge >= 0.3 is 0 Å². The van der Waals surface area contributed by atoms with Gasteiger partial charge in [-0.05, 0) is 68.5 Å². The first-order chi connectivity index (χ1) is 17.9. The largest absolute Gasteiger partial charge is 0.493 e. The maximum Gasteiger partial charge on any atom is 0.269 e. The predicted octanol–water partition coefficient (Wildman–Crippen LogP) is 4.22. The SMILES string of the molecule is CC(C)COc1cccc(-c2ccc(C(=O)NS(=O)(=O)c3ccc[nH]c3=O)c(N3C[C@@H](C)CC3(C)C)n2)c1. The maximum atomic E-state index is 13.4. The Labute approximate surface area is 223 Å². The van der Waals surface area contributed by atoms with Crippen LogP contribution in [-0.2, 0) is 10.0 Å². The maximum absolute atomic E-state index is 13.4. The highest BCUT2D eigenvalue weighted by atomic mass is 32.2. The van der Waals surface area contributed by atoms with Gasteiger partial charge in [0.15, 0.2) is 4.90 Å². The summed E-state index contributed by atoms with van der Waals surface area (Å²) < 4.78 is 33.7. The summed E-state index contributed by atoms with van der Waals surface area (Å²) in [5.74, 6) is 0.983. The van der Waals surface area contributed by atoms with Crippen LogP contribution in [0, 0.1) is 11.8 Å². The third-order valence-corrected chi connectivity index (χ3v) is 7.81. The summed E-state index contributed by atoms with van der Waals surface area (Å²) in [4.78, 5) is 34.2. The molecule has 3 heterocycles. The fraction of sp³-hybridized carbons (Fsp3) is 0.393. The number of hydrogen-bond acceptors (Lipinski definition) is 7. The van der Waals surface area contributed by atoms with Gasteiger partial charge in [0.1, 0.15) is 11.6 Å². The lowest BCUT2D eigenvalue weighted by molar-refractivity contribution is 0.0981. The summed E-state index contributed by atoms with van der Waals surface area (Å²) in [6.07, 6.45) is 2.21. The smallest absolute Gasteiger partial charge is 0.269 e. The zero-order chi connectivity index (χ0) is 27.7. The molecule has 0 bridgehead atoms. The van der Waals surface area contributed by atoms with E-state index in [9.17, 15) is 18.0 Å². The molecule has 1 aromatic carbocycles. The van der Waals surface area contributed by atoms with E-state index in [1.165, 1.54) is 12.3 Å². The number of amides is 1. The molecule has 1 aliphatic rings. The number of sulfonamides is 1. The Morgan fingerprint density at radius 3 is 2.63 bits per heavy atom. The van der Waals surface area contributed by atoms with Crippen LogP contribution in [0.3, 0.4) is 0 Å². The van der Waals surface area contributed by atoms with Crippen molar-refractivity contribution in [2.75, 3.05) is 18.1 Å². The highest BCUT2D eigenvalue weighted by Gasteiger charge is 2.39. The van der Waals surface area contributed by atoms with Crippen molar-refractivity contribution in [2.45, 2.75) is 51.5 Å². The Morgan fingerprint density at radius 2 is 1.97 bits per heavy atom. The normalized spacial score (nSPS) is 17.0. The Hall–Kier alpha value is -3.66. The molecule has 202 valence electrons. The van der Waals surface area contributed by atoms with Crippen LogP contribution in [0.1, 0.15) is 51.4 Å². The average Bonchev–Trinajstić information content (AvgIpc) is 3.13. The van der Waals surface area contributed by atoms with E-state index in [0.29, 0.717) is 36.5 Å². The highest BCUT2D eigenvalue weighted by molar-refractivity contribution is 7.90. The Morgan fingerprint density at radius 1 is 1.21 bits per heavy atom. The molecule has 2 aromatic heterocycles.